The van der Waals surface area contributed by atoms with E-state index in [1.165, 1.54) is 0 Å². The lowest BCUT2D eigenvalue weighted by atomic mass is 9.87. The minimum Gasteiger partial charge on any atom is -0.373 e. The largest absolute Gasteiger partial charge is 0.373 e. The first-order valence-corrected chi connectivity index (χ1v) is 10.1. The number of benzene rings is 1. The van der Waals surface area contributed by atoms with Crippen LogP contribution in [0.25, 0.3) is 6.08 Å². The van der Waals surface area contributed by atoms with Gasteiger partial charge in [0, 0.05) is 44.6 Å². The number of ether oxygens (including phenoxy) is 1. The Morgan fingerprint density at radius 2 is 2.00 bits per heavy atom. The van der Waals surface area contributed by atoms with Crippen LogP contribution < -0.4 is 0 Å². The molecule has 2 saturated heterocycles. The van der Waals surface area contributed by atoms with Gasteiger partial charge in [0.05, 0.1) is 25.0 Å². The molecule has 0 radical (unpaired) electrons. The zero-order valence-corrected chi connectivity index (χ0v) is 16.2. The summed E-state index contributed by atoms with van der Waals surface area (Å²) >= 11 is 0. The number of hydrogen-bond donors (Lipinski definition) is 1. The monoisotopic (exact) mass is 380 g/mol. The fraction of sp³-hybridized carbons (Fsp3) is 0.455. The van der Waals surface area contributed by atoms with Crippen LogP contribution in [0.1, 0.15) is 30.5 Å². The number of rotatable bonds is 5. The molecule has 148 valence electrons. The number of likely N-dealkylation sites (tertiary alicyclic amines) is 1. The zero-order valence-electron chi connectivity index (χ0n) is 16.2. The smallest absolute Gasteiger partial charge is 0.225 e. The number of piperidine rings is 1. The van der Waals surface area contributed by atoms with Crippen LogP contribution in [0.3, 0.4) is 0 Å². The normalized spacial score (nSPS) is 20.7. The van der Waals surface area contributed by atoms with Crippen LogP contribution in [-0.2, 0) is 16.1 Å². The summed E-state index contributed by atoms with van der Waals surface area (Å²) in [5.74, 6) is 0.206. The molecule has 3 heterocycles. The van der Waals surface area contributed by atoms with E-state index in [1.807, 2.05) is 29.3 Å². The van der Waals surface area contributed by atoms with Gasteiger partial charge in [-0.05, 0) is 18.4 Å². The number of aromatic amines is 1. The van der Waals surface area contributed by atoms with Crippen molar-refractivity contribution in [3.05, 3.63) is 60.2 Å². The van der Waals surface area contributed by atoms with Crippen molar-refractivity contribution in [1.29, 1.82) is 0 Å². The van der Waals surface area contributed by atoms with Crippen molar-refractivity contribution in [1.82, 2.24) is 19.8 Å². The van der Waals surface area contributed by atoms with Gasteiger partial charge in [-0.2, -0.15) is 0 Å². The van der Waals surface area contributed by atoms with Gasteiger partial charge >= 0.3 is 0 Å². The predicted octanol–water partition coefficient (Wildman–Crippen LogP) is 2.71. The molecule has 6 nitrogen and oxygen atoms in total. The summed E-state index contributed by atoms with van der Waals surface area (Å²) < 4.78 is 6.25. The van der Waals surface area contributed by atoms with Gasteiger partial charge in [-0.15, -0.1) is 0 Å². The fourth-order valence-electron chi connectivity index (χ4n) is 4.06. The highest BCUT2D eigenvalue weighted by molar-refractivity contribution is 5.78. The topological polar surface area (TPSA) is 61.5 Å². The highest BCUT2D eigenvalue weighted by Crippen LogP contribution is 2.32. The van der Waals surface area contributed by atoms with E-state index in [2.05, 4.69) is 39.2 Å². The summed E-state index contributed by atoms with van der Waals surface area (Å²) in [6.07, 6.45) is 10.0. The van der Waals surface area contributed by atoms with Gasteiger partial charge in [-0.25, -0.2) is 4.98 Å². The van der Waals surface area contributed by atoms with Gasteiger partial charge in [-0.3, -0.25) is 9.69 Å². The van der Waals surface area contributed by atoms with Gasteiger partial charge < -0.3 is 14.6 Å². The zero-order chi connectivity index (χ0) is 19.2. The molecular weight excluding hydrogens is 352 g/mol. The first kappa shape index (κ1) is 18.9. The summed E-state index contributed by atoms with van der Waals surface area (Å²) in [5, 5.41) is 0. The number of imidazole rings is 1. The molecule has 0 saturated carbocycles. The van der Waals surface area contributed by atoms with Crippen LogP contribution in [-0.4, -0.2) is 64.1 Å². The van der Waals surface area contributed by atoms with E-state index in [-0.39, 0.29) is 11.5 Å². The van der Waals surface area contributed by atoms with Crippen LogP contribution in [0.4, 0.5) is 0 Å². The van der Waals surface area contributed by atoms with E-state index >= 15 is 0 Å². The number of aromatic nitrogens is 2. The number of nitrogens with one attached hydrogen (secondary N) is 1. The summed E-state index contributed by atoms with van der Waals surface area (Å²) in [5.41, 5.74) is 1.99. The summed E-state index contributed by atoms with van der Waals surface area (Å²) in [4.78, 5) is 24.4. The van der Waals surface area contributed by atoms with E-state index in [0.29, 0.717) is 26.1 Å². The molecule has 1 aromatic heterocycles. The highest BCUT2D eigenvalue weighted by Gasteiger charge is 2.40. The van der Waals surface area contributed by atoms with E-state index in [1.54, 1.807) is 6.33 Å². The van der Waals surface area contributed by atoms with Crippen molar-refractivity contribution in [2.75, 3.05) is 32.8 Å². The van der Waals surface area contributed by atoms with Crippen LogP contribution in [0, 0.1) is 0 Å². The lowest BCUT2D eigenvalue weighted by Crippen LogP contribution is -2.47. The molecule has 4 rings (SSSR count). The van der Waals surface area contributed by atoms with Crippen LogP contribution >= 0.6 is 0 Å². The summed E-state index contributed by atoms with van der Waals surface area (Å²) in [6, 6.07) is 10.2. The quantitative estimate of drug-likeness (QED) is 0.866. The van der Waals surface area contributed by atoms with Crippen LogP contribution in [0.2, 0.25) is 0 Å². The van der Waals surface area contributed by atoms with Crippen LogP contribution in [0.5, 0.6) is 0 Å². The predicted molar refractivity (Wildman–Crippen MR) is 108 cm³/mol. The molecule has 1 amide bonds. The van der Waals surface area contributed by atoms with E-state index in [0.717, 1.165) is 43.7 Å². The maximum atomic E-state index is 12.9. The van der Waals surface area contributed by atoms with Crippen molar-refractivity contribution in [2.24, 2.45) is 0 Å². The summed E-state index contributed by atoms with van der Waals surface area (Å²) in [7, 11) is 0. The third-order valence-corrected chi connectivity index (χ3v) is 5.75. The Morgan fingerprint density at radius 1 is 1.18 bits per heavy atom. The molecule has 0 aliphatic carbocycles. The average molecular weight is 380 g/mol. The second kappa shape index (κ2) is 8.71. The lowest BCUT2D eigenvalue weighted by molar-refractivity contribution is -0.135. The lowest BCUT2D eigenvalue weighted by Gasteiger charge is -2.40. The Morgan fingerprint density at radius 3 is 2.75 bits per heavy atom. The van der Waals surface area contributed by atoms with Gasteiger partial charge in [0.2, 0.25) is 5.91 Å². The summed E-state index contributed by atoms with van der Waals surface area (Å²) in [6.45, 7) is 4.68. The Hall–Kier alpha value is -2.44. The minimum atomic E-state index is -0.292. The molecule has 0 bridgehead atoms. The van der Waals surface area contributed by atoms with Crippen LogP contribution in [0.15, 0.2) is 48.9 Å². The molecule has 0 unspecified atom stereocenters. The fourth-order valence-corrected chi connectivity index (χ4v) is 4.06. The minimum absolute atomic E-state index is 0.206. The van der Waals surface area contributed by atoms with Crippen molar-refractivity contribution in [3.8, 4) is 0 Å². The van der Waals surface area contributed by atoms with E-state index < -0.39 is 0 Å². The Labute approximate surface area is 166 Å². The molecule has 1 aromatic carbocycles. The Bertz CT molecular complexity index is 780. The molecule has 2 fully saturated rings. The highest BCUT2D eigenvalue weighted by atomic mass is 16.5. The van der Waals surface area contributed by atoms with Crippen molar-refractivity contribution >= 4 is 12.0 Å². The molecule has 1 spiro atoms. The van der Waals surface area contributed by atoms with E-state index in [4.69, 9.17) is 4.74 Å². The number of H-pyrrole nitrogens is 1. The molecular formula is C22H28N4O2. The maximum absolute atomic E-state index is 12.9. The first-order chi connectivity index (χ1) is 13.7. The SMILES string of the molecule is O=C1CC2(CCN(Cc3cnc[nH]3)CC2)OCCN1CC=Cc1ccccc1. The Kier molecular flexibility index (Phi) is 5.88. The van der Waals surface area contributed by atoms with Gasteiger partial charge in [0.1, 0.15) is 0 Å². The molecule has 0 atom stereocenters. The van der Waals surface area contributed by atoms with Gasteiger partial charge in [0.15, 0.2) is 0 Å². The average Bonchev–Trinajstić information content (AvgIpc) is 3.17. The molecule has 2 aliphatic rings. The Balaban J connectivity index is 1.30. The maximum Gasteiger partial charge on any atom is 0.225 e. The van der Waals surface area contributed by atoms with Crippen molar-refractivity contribution in [3.63, 3.8) is 0 Å². The number of carbonyl (C=O) groups is 1. The van der Waals surface area contributed by atoms with Gasteiger partial charge in [-0.1, -0.05) is 42.5 Å². The molecule has 2 aliphatic heterocycles. The van der Waals surface area contributed by atoms with Gasteiger partial charge in [0.25, 0.3) is 0 Å². The molecule has 2 aromatic rings. The molecule has 1 N–H and O–H groups in total. The second-order valence-corrected chi connectivity index (χ2v) is 7.71. The van der Waals surface area contributed by atoms with E-state index in [9.17, 15) is 4.79 Å². The first-order valence-electron chi connectivity index (χ1n) is 10.1. The number of carbonyl (C=O) groups excluding carboxylic acids is 1. The number of nitrogens with zero attached hydrogens (tertiary/aromatic N) is 3. The number of amides is 1. The standard InChI is InChI=1S/C22H28N4O2/c27-21-15-22(8-11-25(12-9-22)17-20-16-23-18-24-20)28-14-13-26(21)10-4-7-19-5-2-1-3-6-19/h1-7,16,18H,8-15,17H2,(H,23,24). The molecule has 28 heavy (non-hydrogen) atoms. The molecule has 6 heteroatoms. The van der Waals surface area contributed by atoms with Crippen molar-refractivity contribution in [2.45, 2.75) is 31.4 Å². The third-order valence-electron chi connectivity index (χ3n) is 5.75. The number of hydrogen-bond acceptors (Lipinski definition) is 4. The third kappa shape index (κ3) is 4.69. The van der Waals surface area contributed by atoms with Crippen molar-refractivity contribution < 1.29 is 9.53 Å². The second-order valence-electron chi connectivity index (χ2n) is 7.71.